The molecule has 0 saturated heterocycles. The highest BCUT2D eigenvalue weighted by molar-refractivity contribution is 6.05. The Morgan fingerprint density at radius 1 is 0.921 bits per heavy atom. The van der Waals surface area contributed by atoms with Crippen LogP contribution in [0, 0.1) is 11.6 Å². The van der Waals surface area contributed by atoms with Crippen LogP contribution >= 0.6 is 0 Å². The third kappa shape index (κ3) is 4.13. The van der Waals surface area contributed by atoms with Crippen LogP contribution in [0.4, 0.5) is 14.5 Å². The second-order valence-corrected chi connectivity index (χ2v) is 8.34. The summed E-state index contributed by atoms with van der Waals surface area (Å²) in [5.74, 6) is -1.56. The van der Waals surface area contributed by atoms with E-state index in [0.29, 0.717) is 33.5 Å². The zero-order chi connectivity index (χ0) is 26.2. The van der Waals surface area contributed by atoms with Gasteiger partial charge >= 0.3 is 0 Å². The minimum absolute atomic E-state index is 0.0489. The van der Waals surface area contributed by atoms with Crippen LogP contribution in [0.25, 0.3) is 27.8 Å². The first kappa shape index (κ1) is 23.0. The number of aromatic nitrogens is 4. The van der Waals surface area contributed by atoms with E-state index in [4.69, 9.17) is 4.74 Å². The predicted octanol–water partition coefficient (Wildman–Crippen LogP) is 5.58. The lowest BCUT2D eigenvalue weighted by molar-refractivity contribution is 0.102. The summed E-state index contributed by atoms with van der Waals surface area (Å²) < 4.78 is 35.4. The maximum absolute atomic E-state index is 14.9. The highest BCUT2D eigenvalue weighted by Crippen LogP contribution is 2.31. The minimum atomic E-state index is -0.743. The van der Waals surface area contributed by atoms with Gasteiger partial charge in [-0.25, -0.2) is 18.7 Å². The first-order chi connectivity index (χ1) is 18.5. The SMILES string of the molecule is O=C(Nc1ccc(Oc2ccnc3[nH]ccc23)c(F)c1)c1cc2cccnc2n(-c2ccc(F)cc2)c1=O. The van der Waals surface area contributed by atoms with Crippen molar-refractivity contribution < 1.29 is 18.3 Å². The Morgan fingerprint density at radius 3 is 2.58 bits per heavy atom. The lowest BCUT2D eigenvalue weighted by Crippen LogP contribution is -2.29. The molecule has 4 aromatic heterocycles. The Bertz CT molecular complexity index is 1900. The molecule has 0 bridgehead atoms. The number of nitrogens with zero attached hydrogens (tertiary/aromatic N) is 3. The average Bonchev–Trinajstić information content (AvgIpc) is 3.41. The van der Waals surface area contributed by atoms with Gasteiger partial charge in [-0.3, -0.25) is 14.2 Å². The third-order valence-electron chi connectivity index (χ3n) is 5.92. The van der Waals surface area contributed by atoms with Crippen molar-refractivity contribution in [2.24, 2.45) is 0 Å². The van der Waals surface area contributed by atoms with Crippen molar-refractivity contribution >= 4 is 33.7 Å². The maximum atomic E-state index is 14.9. The molecule has 1 amide bonds. The van der Waals surface area contributed by atoms with Crippen molar-refractivity contribution in [3.63, 3.8) is 0 Å². The lowest BCUT2D eigenvalue weighted by Gasteiger charge is -2.13. The highest BCUT2D eigenvalue weighted by Gasteiger charge is 2.19. The molecule has 2 N–H and O–H groups in total. The first-order valence-corrected chi connectivity index (χ1v) is 11.5. The number of carbonyl (C=O) groups is 1. The number of benzene rings is 2. The van der Waals surface area contributed by atoms with Crippen LogP contribution in [-0.4, -0.2) is 25.4 Å². The van der Waals surface area contributed by atoms with Gasteiger partial charge in [0.2, 0.25) is 0 Å². The Balaban J connectivity index is 1.32. The molecule has 8 nitrogen and oxygen atoms in total. The van der Waals surface area contributed by atoms with E-state index in [2.05, 4.69) is 20.3 Å². The number of amides is 1. The summed E-state index contributed by atoms with van der Waals surface area (Å²) in [6, 6.07) is 17.4. The number of nitrogens with one attached hydrogen (secondary N) is 2. The van der Waals surface area contributed by atoms with Gasteiger partial charge in [0.25, 0.3) is 11.5 Å². The molecule has 0 aliphatic carbocycles. The van der Waals surface area contributed by atoms with E-state index in [9.17, 15) is 18.4 Å². The van der Waals surface area contributed by atoms with E-state index in [1.54, 1.807) is 36.7 Å². The molecule has 0 unspecified atom stereocenters. The Morgan fingerprint density at radius 2 is 1.76 bits per heavy atom. The molecule has 0 spiro atoms. The van der Waals surface area contributed by atoms with Gasteiger partial charge in [-0.1, -0.05) is 0 Å². The largest absolute Gasteiger partial charge is 0.453 e. The number of carbonyl (C=O) groups excluding carboxylic acids is 1. The molecule has 0 radical (unpaired) electrons. The van der Waals surface area contributed by atoms with Crippen LogP contribution in [0.3, 0.4) is 0 Å². The number of hydrogen-bond acceptors (Lipinski definition) is 5. The lowest BCUT2D eigenvalue weighted by atomic mass is 10.1. The normalized spacial score (nSPS) is 11.1. The van der Waals surface area contributed by atoms with E-state index in [1.165, 1.54) is 53.2 Å². The summed E-state index contributed by atoms with van der Waals surface area (Å²) in [6.07, 6.45) is 4.76. The Kier molecular flexibility index (Phi) is 5.61. The summed E-state index contributed by atoms with van der Waals surface area (Å²) >= 11 is 0. The van der Waals surface area contributed by atoms with Gasteiger partial charge in [-0.05, 0) is 66.7 Å². The number of aromatic amines is 1. The Hall–Kier alpha value is -5.38. The molecule has 0 atom stereocenters. The standard InChI is InChI=1S/C28H17F2N5O3/c29-17-3-6-19(7-4-17)35-26-16(2-1-11-33-26)14-21(28(35)37)27(36)34-18-5-8-24(22(30)15-18)38-23-10-13-32-25-20(23)9-12-31-25/h1-15H,(H,31,32)(H,34,36). The fourth-order valence-corrected chi connectivity index (χ4v) is 4.14. The van der Waals surface area contributed by atoms with Crippen LogP contribution in [-0.2, 0) is 0 Å². The number of pyridine rings is 3. The molecule has 186 valence electrons. The molecule has 0 fully saturated rings. The number of anilines is 1. The van der Waals surface area contributed by atoms with Gasteiger partial charge in [0, 0.05) is 35.7 Å². The van der Waals surface area contributed by atoms with Gasteiger partial charge in [0.05, 0.1) is 11.1 Å². The third-order valence-corrected chi connectivity index (χ3v) is 5.92. The van der Waals surface area contributed by atoms with Crippen molar-refractivity contribution in [1.29, 1.82) is 0 Å². The number of ether oxygens (including phenoxy) is 1. The minimum Gasteiger partial charge on any atom is -0.453 e. The van der Waals surface area contributed by atoms with E-state index >= 15 is 0 Å². The fourth-order valence-electron chi connectivity index (χ4n) is 4.14. The van der Waals surface area contributed by atoms with Crippen molar-refractivity contribution in [3.05, 3.63) is 119 Å². The van der Waals surface area contributed by atoms with Gasteiger partial charge in [-0.15, -0.1) is 0 Å². The maximum Gasteiger partial charge on any atom is 0.269 e. The van der Waals surface area contributed by atoms with E-state index in [0.717, 1.165) is 6.07 Å². The second kappa shape index (κ2) is 9.25. The van der Waals surface area contributed by atoms with Gasteiger partial charge in [-0.2, -0.15) is 0 Å². The molecular formula is C28H17F2N5O3. The van der Waals surface area contributed by atoms with Crippen molar-refractivity contribution in [1.82, 2.24) is 19.5 Å². The summed E-state index contributed by atoms with van der Waals surface area (Å²) in [6.45, 7) is 0. The average molecular weight is 509 g/mol. The predicted molar refractivity (Wildman–Crippen MR) is 138 cm³/mol. The molecule has 6 aromatic rings. The Labute approximate surface area is 213 Å². The number of H-pyrrole nitrogens is 1. The van der Waals surface area contributed by atoms with Crippen LogP contribution in [0.2, 0.25) is 0 Å². The molecule has 38 heavy (non-hydrogen) atoms. The molecule has 10 heteroatoms. The van der Waals surface area contributed by atoms with Gasteiger partial charge in [0.15, 0.2) is 11.6 Å². The second-order valence-electron chi connectivity index (χ2n) is 8.34. The van der Waals surface area contributed by atoms with Gasteiger partial charge in [0.1, 0.15) is 28.4 Å². The summed E-state index contributed by atoms with van der Waals surface area (Å²) in [4.78, 5) is 37.9. The summed E-state index contributed by atoms with van der Waals surface area (Å²) in [5.41, 5.74) is 0.524. The smallest absolute Gasteiger partial charge is 0.269 e. The van der Waals surface area contributed by atoms with Crippen LogP contribution < -0.4 is 15.6 Å². The molecule has 6 rings (SSSR count). The summed E-state index contributed by atoms with van der Waals surface area (Å²) in [7, 11) is 0. The zero-order valence-corrected chi connectivity index (χ0v) is 19.5. The molecule has 0 saturated carbocycles. The molecule has 0 aliphatic heterocycles. The monoisotopic (exact) mass is 509 g/mol. The van der Waals surface area contributed by atoms with Crippen molar-refractivity contribution in [2.75, 3.05) is 5.32 Å². The highest BCUT2D eigenvalue weighted by atomic mass is 19.1. The van der Waals surface area contributed by atoms with Crippen LogP contribution in [0.5, 0.6) is 11.5 Å². The fraction of sp³-hybridized carbons (Fsp3) is 0. The van der Waals surface area contributed by atoms with Crippen molar-refractivity contribution in [3.8, 4) is 17.2 Å². The first-order valence-electron chi connectivity index (χ1n) is 11.5. The zero-order valence-electron chi connectivity index (χ0n) is 19.5. The number of fused-ring (bicyclic) bond motifs is 2. The van der Waals surface area contributed by atoms with E-state index in [1.807, 2.05) is 0 Å². The van der Waals surface area contributed by atoms with Crippen LogP contribution in [0.1, 0.15) is 10.4 Å². The van der Waals surface area contributed by atoms with Crippen molar-refractivity contribution in [2.45, 2.75) is 0 Å². The summed E-state index contributed by atoms with van der Waals surface area (Å²) in [5, 5.41) is 3.77. The topological polar surface area (TPSA) is 102 Å². The molecule has 2 aromatic carbocycles. The molecule has 0 aliphatic rings. The number of halogens is 2. The quantitative estimate of drug-likeness (QED) is 0.316. The molecular weight excluding hydrogens is 492 g/mol. The number of rotatable bonds is 5. The molecule has 4 heterocycles. The number of hydrogen-bond donors (Lipinski definition) is 2. The van der Waals surface area contributed by atoms with E-state index < -0.39 is 23.1 Å². The van der Waals surface area contributed by atoms with Gasteiger partial charge < -0.3 is 15.0 Å². The van der Waals surface area contributed by atoms with Crippen LogP contribution in [0.15, 0.2) is 96.2 Å². The van der Waals surface area contributed by atoms with E-state index in [-0.39, 0.29) is 17.0 Å².